The molecule has 1 fully saturated rings. The molecule has 0 spiro atoms. The average molecular weight is 232 g/mol. The minimum atomic E-state index is 0.424. The van der Waals surface area contributed by atoms with E-state index in [0.29, 0.717) is 12.1 Å². The number of anilines is 1. The fourth-order valence-corrected chi connectivity index (χ4v) is 2.29. The SMILES string of the molecule is CC1CN(c2ncnc3nc[nH]c23)C(C)CN1. The smallest absolute Gasteiger partial charge is 0.182 e. The first kappa shape index (κ1) is 10.5. The van der Waals surface area contributed by atoms with Crippen LogP contribution in [0.2, 0.25) is 0 Å². The number of H-pyrrole nitrogens is 1. The second-order valence-electron chi connectivity index (χ2n) is 4.61. The summed E-state index contributed by atoms with van der Waals surface area (Å²) in [5, 5.41) is 3.46. The van der Waals surface area contributed by atoms with Crippen LogP contribution in [-0.4, -0.2) is 45.1 Å². The van der Waals surface area contributed by atoms with E-state index in [2.05, 4.69) is 44.0 Å². The van der Waals surface area contributed by atoms with E-state index < -0.39 is 0 Å². The minimum absolute atomic E-state index is 0.424. The zero-order valence-electron chi connectivity index (χ0n) is 10.0. The number of hydrogen-bond acceptors (Lipinski definition) is 5. The van der Waals surface area contributed by atoms with Crippen LogP contribution in [-0.2, 0) is 0 Å². The lowest BCUT2D eigenvalue weighted by Crippen LogP contribution is -2.54. The third-order valence-electron chi connectivity index (χ3n) is 3.24. The van der Waals surface area contributed by atoms with Gasteiger partial charge in [0.05, 0.1) is 6.33 Å². The summed E-state index contributed by atoms with van der Waals surface area (Å²) in [6.45, 7) is 6.31. The first-order valence-electron chi connectivity index (χ1n) is 5.90. The molecule has 0 amide bonds. The van der Waals surface area contributed by atoms with Crippen molar-refractivity contribution in [2.75, 3.05) is 18.0 Å². The fraction of sp³-hybridized carbons (Fsp3) is 0.545. The number of piperazine rings is 1. The van der Waals surface area contributed by atoms with E-state index in [1.54, 1.807) is 12.7 Å². The van der Waals surface area contributed by atoms with Gasteiger partial charge in [0.1, 0.15) is 11.8 Å². The van der Waals surface area contributed by atoms with Gasteiger partial charge >= 0.3 is 0 Å². The summed E-state index contributed by atoms with van der Waals surface area (Å²) in [6, 6.07) is 0.895. The Morgan fingerprint density at radius 1 is 1.29 bits per heavy atom. The summed E-state index contributed by atoms with van der Waals surface area (Å²) in [4.78, 5) is 18.1. The van der Waals surface area contributed by atoms with Gasteiger partial charge in [-0.1, -0.05) is 0 Å². The number of nitrogens with one attached hydrogen (secondary N) is 2. The highest BCUT2D eigenvalue weighted by atomic mass is 15.3. The molecule has 3 heterocycles. The Labute approximate surface area is 99.5 Å². The predicted octanol–water partition coefficient (Wildman–Crippen LogP) is 0.539. The maximum atomic E-state index is 4.40. The topological polar surface area (TPSA) is 69.7 Å². The number of fused-ring (bicyclic) bond motifs is 1. The second-order valence-corrected chi connectivity index (χ2v) is 4.61. The highest BCUT2D eigenvalue weighted by Gasteiger charge is 2.25. The summed E-state index contributed by atoms with van der Waals surface area (Å²) in [6.07, 6.45) is 3.25. The van der Waals surface area contributed by atoms with E-state index in [1.165, 1.54) is 0 Å². The van der Waals surface area contributed by atoms with Gasteiger partial charge in [-0.2, -0.15) is 0 Å². The number of aromatic amines is 1. The van der Waals surface area contributed by atoms with Crippen molar-refractivity contribution in [3.8, 4) is 0 Å². The lowest BCUT2D eigenvalue weighted by Gasteiger charge is -2.38. The van der Waals surface area contributed by atoms with Crippen LogP contribution < -0.4 is 10.2 Å². The summed E-state index contributed by atoms with van der Waals surface area (Å²) in [5.41, 5.74) is 1.65. The molecule has 0 aliphatic carbocycles. The molecule has 1 saturated heterocycles. The summed E-state index contributed by atoms with van der Waals surface area (Å²) >= 11 is 0. The van der Waals surface area contributed by atoms with Crippen molar-refractivity contribution in [1.29, 1.82) is 0 Å². The van der Waals surface area contributed by atoms with E-state index in [1.807, 2.05) is 0 Å². The van der Waals surface area contributed by atoms with E-state index in [9.17, 15) is 0 Å². The molecule has 2 atom stereocenters. The maximum Gasteiger partial charge on any atom is 0.182 e. The first-order valence-corrected chi connectivity index (χ1v) is 5.90. The number of hydrogen-bond donors (Lipinski definition) is 2. The molecule has 6 heteroatoms. The molecule has 2 aromatic rings. The van der Waals surface area contributed by atoms with Crippen molar-refractivity contribution >= 4 is 17.0 Å². The van der Waals surface area contributed by atoms with Gasteiger partial charge in [0.15, 0.2) is 11.5 Å². The summed E-state index contributed by atoms with van der Waals surface area (Å²) < 4.78 is 0. The zero-order chi connectivity index (χ0) is 11.8. The molecule has 3 rings (SSSR count). The van der Waals surface area contributed by atoms with Crippen LogP contribution in [0.4, 0.5) is 5.82 Å². The lowest BCUT2D eigenvalue weighted by atomic mass is 10.1. The van der Waals surface area contributed by atoms with Crippen LogP contribution in [0.1, 0.15) is 13.8 Å². The molecule has 90 valence electrons. The Kier molecular flexibility index (Phi) is 2.44. The highest BCUT2D eigenvalue weighted by Crippen LogP contribution is 2.23. The van der Waals surface area contributed by atoms with Crippen molar-refractivity contribution in [2.24, 2.45) is 0 Å². The maximum absolute atomic E-state index is 4.40. The molecule has 0 aromatic carbocycles. The number of nitrogens with zero attached hydrogens (tertiary/aromatic N) is 4. The molecule has 17 heavy (non-hydrogen) atoms. The standard InChI is InChI=1S/C11H16N6/c1-7-4-17(8(2)3-12-7)11-9-10(14-5-13-9)15-6-16-11/h5-8,12H,3-4H2,1-2H3,(H,13,14,15,16). The van der Waals surface area contributed by atoms with Crippen molar-refractivity contribution in [2.45, 2.75) is 25.9 Å². The molecule has 6 nitrogen and oxygen atoms in total. The van der Waals surface area contributed by atoms with E-state index >= 15 is 0 Å². The molecule has 2 N–H and O–H groups in total. The molecular formula is C11H16N6. The quantitative estimate of drug-likeness (QED) is 0.751. The van der Waals surface area contributed by atoms with Crippen LogP contribution in [0.5, 0.6) is 0 Å². The average Bonchev–Trinajstić information content (AvgIpc) is 2.80. The van der Waals surface area contributed by atoms with Crippen molar-refractivity contribution in [3.63, 3.8) is 0 Å². The molecule has 0 saturated carbocycles. The van der Waals surface area contributed by atoms with Crippen LogP contribution in [0, 0.1) is 0 Å². The van der Waals surface area contributed by atoms with Crippen LogP contribution >= 0.6 is 0 Å². The molecule has 1 aliphatic heterocycles. The Morgan fingerprint density at radius 2 is 2.18 bits per heavy atom. The number of aromatic nitrogens is 4. The van der Waals surface area contributed by atoms with Gasteiger partial charge in [-0.05, 0) is 13.8 Å². The second kappa shape index (κ2) is 3.96. The molecular weight excluding hydrogens is 216 g/mol. The Balaban J connectivity index is 2.04. The van der Waals surface area contributed by atoms with Crippen molar-refractivity contribution in [3.05, 3.63) is 12.7 Å². The highest BCUT2D eigenvalue weighted by molar-refractivity contribution is 5.82. The Bertz CT molecular complexity index is 521. The van der Waals surface area contributed by atoms with E-state index in [0.717, 1.165) is 30.1 Å². The molecule has 2 aromatic heterocycles. The number of imidazole rings is 1. The third-order valence-corrected chi connectivity index (χ3v) is 3.24. The molecule has 0 radical (unpaired) electrons. The Morgan fingerprint density at radius 3 is 3.06 bits per heavy atom. The summed E-state index contributed by atoms with van der Waals surface area (Å²) in [5.74, 6) is 0.952. The van der Waals surface area contributed by atoms with E-state index in [4.69, 9.17) is 0 Å². The fourth-order valence-electron chi connectivity index (χ4n) is 2.29. The van der Waals surface area contributed by atoms with Gasteiger partial charge in [-0.25, -0.2) is 15.0 Å². The van der Waals surface area contributed by atoms with Gasteiger partial charge in [0.25, 0.3) is 0 Å². The molecule has 0 bridgehead atoms. The van der Waals surface area contributed by atoms with Gasteiger partial charge in [-0.3, -0.25) is 0 Å². The lowest BCUT2D eigenvalue weighted by molar-refractivity contribution is 0.423. The van der Waals surface area contributed by atoms with Crippen LogP contribution in [0.3, 0.4) is 0 Å². The van der Waals surface area contributed by atoms with E-state index in [-0.39, 0.29) is 0 Å². The Hall–Kier alpha value is -1.69. The number of rotatable bonds is 1. The monoisotopic (exact) mass is 232 g/mol. The first-order chi connectivity index (χ1) is 8.25. The predicted molar refractivity (Wildman–Crippen MR) is 66.0 cm³/mol. The van der Waals surface area contributed by atoms with Crippen molar-refractivity contribution in [1.82, 2.24) is 25.3 Å². The van der Waals surface area contributed by atoms with Gasteiger partial charge in [-0.15, -0.1) is 0 Å². The van der Waals surface area contributed by atoms with Gasteiger partial charge in [0, 0.05) is 25.2 Å². The van der Waals surface area contributed by atoms with Gasteiger partial charge < -0.3 is 15.2 Å². The molecule has 1 aliphatic rings. The largest absolute Gasteiger partial charge is 0.349 e. The van der Waals surface area contributed by atoms with Crippen molar-refractivity contribution < 1.29 is 0 Å². The molecule has 2 unspecified atom stereocenters. The third kappa shape index (κ3) is 1.74. The zero-order valence-corrected chi connectivity index (χ0v) is 10.0. The van der Waals surface area contributed by atoms with Crippen LogP contribution in [0.15, 0.2) is 12.7 Å². The van der Waals surface area contributed by atoms with Gasteiger partial charge in [0.2, 0.25) is 0 Å². The normalized spacial score (nSPS) is 25.4. The van der Waals surface area contributed by atoms with Crippen LogP contribution in [0.25, 0.3) is 11.2 Å². The summed E-state index contributed by atoms with van der Waals surface area (Å²) in [7, 11) is 0. The minimum Gasteiger partial charge on any atom is -0.349 e.